The summed E-state index contributed by atoms with van der Waals surface area (Å²) in [6.45, 7) is 1.75. The van der Waals surface area contributed by atoms with Crippen LogP contribution in [0.4, 0.5) is 5.69 Å². The third-order valence-corrected chi connectivity index (χ3v) is 2.85. The summed E-state index contributed by atoms with van der Waals surface area (Å²) in [6, 6.07) is 5.25. The molecule has 0 aliphatic carbocycles. The van der Waals surface area contributed by atoms with Gasteiger partial charge in [0.05, 0.1) is 34.6 Å². The maximum atomic E-state index is 11.8. The lowest BCUT2D eigenvalue weighted by atomic mass is 9.82. The molecule has 0 aliphatic rings. The Kier molecular flexibility index (Phi) is 4.54. The number of carbonyl (C=O) groups excluding carboxylic acids is 1. The van der Waals surface area contributed by atoms with Crippen molar-refractivity contribution in [3.8, 4) is 5.69 Å². The van der Waals surface area contributed by atoms with E-state index in [1.54, 1.807) is 6.92 Å². The van der Waals surface area contributed by atoms with Crippen LogP contribution in [0.1, 0.15) is 17.3 Å². The van der Waals surface area contributed by atoms with E-state index in [2.05, 4.69) is 5.10 Å². The molecular weight excluding hydrogens is 293 g/mol. The Morgan fingerprint density at radius 1 is 1.41 bits per heavy atom. The predicted molar refractivity (Wildman–Crippen MR) is 76.0 cm³/mol. The van der Waals surface area contributed by atoms with Gasteiger partial charge >= 0.3 is 13.1 Å². The minimum atomic E-state index is -1.96. The Labute approximate surface area is 125 Å². The minimum absolute atomic E-state index is 0.0878. The SMILES string of the molecule is CCOC(=O)c1cnn(-c2ccc([N+](=O)[O-])cc2)c1B(O)O. The van der Waals surface area contributed by atoms with E-state index < -0.39 is 18.0 Å². The number of hydrogen-bond acceptors (Lipinski definition) is 7. The van der Waals surface area contributed by atoms with E-state index in [-0.39, 0.29) is 23.5 Å². The number of non-ortho nitro benzene ring substituents is 1. The quantitative estimate of drug-likeness (QED) is 0.334. The fraction of sp³-hybridized carbons (Fsp3) is 0.167. The molecule has 0 radical (unpaired) electrons. The monoisotopic (exact) mass is 305 g/mol. The number of carbonyl (C=O) groups is 1. The normalized spacial score (nSPS) is 10.3. The third kappa shape index (κ3) is 2.97. The molecule has 0 amide bonds. The van der Waals surface area contributed by atoms with Gasteiger partial charge in [-0.3, -0.25) is 10.1 Å². The van der Waals surface area contributed by atoms with Gasteiger partial charge in [-0.05, 0) is 19.1 Å². The van der Waals surface area contributed by atoms with Gasteiger partial charge in [-0.1, -0.05) is 0 Å². The van der Waals surface area contributed by atoms with Crippen molar-refractivity contribution in [2.24, 2.45) is 0 Å². The highest BCUT2D eigenvalue weighted by atomic mass is 16.6. The van der Waals surface area contributed by atoms with Gasteiger partial charge in [0.15, 0.2) is 0 Å². The summed E-state index contributed by atoms with van der Waals surface area (Å²) in [6.07, 6.45) is 1.15. The Morgan fingerprint density at radius 2 is 2.05 bits per heavy atom. The van der Waals surface area contributed by atoms with E-state index in [0.29, 0.717) is 5.69 Å². The second-order valence-electron chi connectivity index (χ2n) is 4.22. The number of esters is 1. The lowest BCUT2D eigenvalue weighted by molar-refractivity contribution is -0.384. The van der Waals surface area contributed by atoms with E-state index in [1.807, 2.05) is 0 Å². The fourth-order valence-corrected chi connectivity index (χ4v) is 1.89. The maximum Gasteiger partial charge on any atom is 0.509 e. The van der Waals surface area contributed by atoms with Crippen LogP contribution < -0.4 is 5.59 Å². The summed E-state index contributed by atoms with van der Waals surface area (Å²) in [5, 5.41) is 33.5. The first-order chi connectivity index (χ1) is 10.5. The summed E-state index contributed by atoms with van der Waals surface area (Å²) in [4.78, 5) is 21.8. The van der Waals surface area contributed by atoms with Gasteiger partial charge in [0, 0.05) is 12.1 Å². The van der Waals surface area contributed by atoms with Gasteiger partial charge in [0.25, 0.3) is 5.69 Å². The van der Waals surface area contributed by atoms with Crippen molar-refractivity contribution in [2.75, 3.05) is 6.61 Å². The molecule has 1 heterocycles. The number of nitro groups is 1. The minimum Gasteiger partial charge on any atom is -0.462 e. The molecule has 114 valence electrons. The van der Waals surface area contributed by atoms with E-state index in [9.17, 15) is 25.0 Å². The predicted octanol–water partition coefficient (Wildman–Crippen LogP) is -0.363. The second kappa shape index (κ2) is 6.37. The number of nitrogens with zero attached hydrogens (tertiary/aromatic N) is 3. The first-order valence-electron chi connectivity index (χ1n) is 6.31. The highest BCUT2D eigenvalue weighted by Crippen LogP contribution is 2.15. The summed E-state index contributed by atoms with van der Waals surface area (Å²) in [5.74, 6) is -0.737. The molecule has 9 nitrogen and oxygen atoms in total. The second-order valence-corrected chi connectivity index (χ2v) is 4.22. The Bertz CT molecular complexity index is 697. The number of benzene rings is 1. The van der Waals surface area contributed by atoms with Crippen molar-refractivity contribution in [3.05, 3.63) is 46.1 Å². The molecule has 10 heteroatoms. The zero-order valence-electron chi connectivity index (χ0n) is 11.5. The zero-order valence-corrected chi connectivity index (χ0v) is 11.5. The van der Waals surface area contributed by atoms with Gasteiger partial charge in [-0.15, -0.1) is 0 Å². The Hall–Kier alpha value is -2.72. The number of nitro benzene ring substituents is 1. The molecule has 0 aliphatic heterocycles. The van der Waals surface area contributed by atoms with Crippen LogP contribution >= 0.6 is 0 Å². The van der Waals surface area contributed by atoms with Crippen molar-refractivity contribution in [1.82, 2.24) is 9.78 Å². The molecule has 0 bridgehead atoms. The van der Waals surface area contributed by atoms with Crippen molar-refractivity contribution in [3.63, 3.8) is 0 Å². The molecule has 0 spiro atoms. The molecule has 0 unspecified atom stereocenters. The molecule has 0 saturated carbocycles. The third-order valence-electron chi connectivity index (χ3n) is 2.85. The van der Waals surface area contributed by atoms with Gasteiger partial charge < -0.3 is 14.8 Å². The molecule has 2 rings (SSSR count). The summed E-state index contributed by atoms with van der Waals surface area (Å²) in [5.41, 5.74) is -0.0422. The fourth-order valence-electron chi connectivity index (χ4n) is 1.89. The first kappa shape index (κ1) is 15.7. The van der Waals surface area contributed by atoms with Crippen LogP contribution in [0.5, 0.6) is 0 Å². The average molecular weight is 305 g/mol. The van der Waals surface area contributed by atoms with E-state index in [4.69, 9.17) is 4.74 Å². The molecule has 0 saturated heterocycles. The lowest BCUT2D eigenvalue weighted by Gasteiger charge is -2.08. The van der Waals surface area contributed by atoms with Gasteiger partial charge in [-0.25, -0.2) is 9.48 Å². The van der Waals surface area contributed by atoms with Gasteiger partial charge in [0.2, 0.25) is 0 Å². The number of hydrogen-bond donors (Lipinski definition) is 2. The molecular formula is C12H12BN3O6. The highest BCUT2D eigenvalue weighted by Gasteiger charge is 2.28. The summed E-state index contributed by atoms with van der Waals surface area (Å²) >= 11 is 0. The lowest BCUT2D eigenvalue weighted by Crippen LogP contribution is -2.39. The van der Waals surface area contributed by atoms with Crippen molar-refractivity contribution in [1.29, 1.82) is 0 Å². The largest absolute Gasteiger partial charge is 0.509 e. The van der Waals surface area contributed by atoms with Crippen LogP contribution in [0.2, 0.25) is 0 Å². The van der Waals surface area contributed by atoms with Crippen molar-refractivity contribution in [2.45, 2.75) is 6.92 Å². The highest BCUT2D eigenvalue weighted by molar-refractivity contribution is 6.59. The number of aromatic nitrogens is 2. The molecule has 2 N–H and O–H groups in total. The van der Waals surface area contributed by atoms with Crippen molar-refractivity contribution < 1.29 is 24.5 Å². The topological polar surface area (TPSA) is 128 Å². The molecule has 0 atom stereocenters. The first-order valence-corrected chi connectivity index (χ1v) is 6.31. The van der Waals surface area contributed by atoms with E-state index in [1.165, 1.54) is 24.3 Å². The Morgan fingerprint density at radius 3 is 2.55 bits per heavy atom. The van der Waals surface area contributed by atoms with Gasteiger partial charge in [0.1, 0.15) is 0 Å². The van der Waals surface area contributed by atoms with Crippen LogP contribution in [0.25, 0.3) is 5.69 Å². The molecule has 2 aromatic rings. The van der Waals surface area contributed by atoms with Crippen LogP contribution in [0.15, 0.2) is 30.5 Å². The smallest absolute Gasteiger partial charge is 0.462 e. The van der Waals surface area contributed by atoms with Gasteiger partial charge in [-0.2, -0.15) is 5.10 Å². The van der Waals surface area contributed by atoms with Crippen LogP contribution in [0.3, 0.4) is 0 Å². The average Bonchev–Trinajstić information content (AvgIpc) is 2.92. The standard InChI is InChI=1S/C12H12BN3O6/c1-2-22-12(17)10-7-14-15(11(10)13(18)19)8-3-5-9(6-4-8)16(20)21/h3-7,18-19H,2H2,1H3. The summed E-state index contributed by atoms with van der Waals surface area (Å²) < 4.78 is 5.93. The molecule has 1 aromatic carbocycles. The van der Waals surface area contributed by atoms with Crippen LogP contribution in [-0.4, -0.2) is 44.4 Å². The molecule has 22 heavy (non-hydrogen) atoms. The van der Waals surface area contributed by atoms with Crippen LogP contribution in [-0.2, 0) is 4.74 Å². The number of ether oxygens (including phenoxy) is 1. The Balaban J connectivity index is 2.47. The summed E-state index contributed by atoms with van der Waals surface area (Å²) in [7, 11) is -1.96. The molecule has 1 aromatic heterocycles. The van der Waals surface area contributed by atoms with Crippen molar-refractivity contribution >= 4 is 24.4 Å². The zero-order chi connectivity index (χ0) is 16.3. The molecule has 0 fully saturated rings. The number of rotatable bonds is 5. The van der Waals surface area contributed by atoms with Crippen LogP contribution in [0, 0.1) is 10.1 Å². The van der Waals surface area contributed by atoms with E-state index in [0.717, 1.165) is 10.9 Å². The maximum absolute atomic E-state index is 11.8. The van der Waals surface area contributed by atoms with E-state index >= 15 is 0 Å².